The maximum Gasteiger partial charge on any atom is 2.00 e. The Morgan fingerprint density at radius 1 is 0.247 bits per heavy atom. The van der Waals surface area contributed by atoms with Crippen molar-refractivity contribution < 1.29 is 57.4 Å². The topological polar surface area (TPSA) is 179 Å². The van der Waals surface area contributed by atoms with Crippen LogP contribution in [0.5, 0.6) is 46.0 Å². The summed E-state index contributed by atoms with van der Waals surface area (Å²) >= 11 is 0. The van der Waals surface area contributed by atoms with Crippen LogP contribution in [0.15, 0.2) is 48.5 Å². The van der Waals surface area contributed by atoms with Gasteiger partial charge in [0.2, 0.25) is 0 Å². The molecule has 89 heavy (non-hydrogen) atoms. The summed E-state index contributed by atoms with van der Waals surface area (Å²) in [6.07, 6.45) is 23.7. The zero-order valence-corrected chi connectivity index (χ0v) is 52.5. The molecule has 0 amide bonds. The fourth-order valence-corrected chi connectivity index (χ4v) is 24.5. The van der Waals surface area contributed by atoms with E-state index in [-0.39, 0.29) is 19.5 Å². The summed E-state index contributed by atoms with van der Waals surface area (Å²) in [7, 11) is 0. The molecule has 17 heteroatoms. The minimum absolute atomic E-state index is 0. The minimum Gasteiger partial charge on any atom is -0.448 e. The Morgan fingerprint density at radius 2 is 0.427 bits per heavy atom. The summed E-state index contributed by atoms with van der Waals surface area (Å²) in [5.74, 6) is 13.8. The Bertz CT molecular complexity index is 4060. The van der Waals surface area contributed by atoms with Crippen LogP contribution < -0.4 is 47.9 Å². The molecule has 16 saturated carbocycles. The Balaban J connectivity index is 0.00000502. The van der Waals surface area contributed by atoms with Gasteiger partial charge in [0.15, 0.2) is 46.0 Å². The van der Waals surface area contributed by atoms with E-state index in [1.165, 1.54) is 25.7 Å². The van der Waals surface area contributed by atoms with E-state index in [4.69, 9.17) is 77.8 Å². The molecular formula is C72H64N8O8Zn. The molecule has 0 saturated heterocycles. The van der Waals surface area contributed by atoms with Crippen molar-refractivity contribution in [1.29, 1.82) is 0 Å². The summed E-state index contributed by atoms with van der Waals surface area (Å²) in [5.41, 5.74) is 5.02. The van der Waals surface area contributed by atoms with Crippen LogP contribution >= 0.6 is 0 Å². The molecule has 9 heterocycles. The van der Waals surface area contributed by atoms with Crippen molar-refractivity contribution in [2.45, 2.75) is 152 Å². The van der Waals surface area contributed by atoms with Gasteiger partial charge in [0.05, 0.1) is 23.3 Å². The molecule has 4 aromatic carbocycles. The second-order valence-electron chi connectivity index (χ2n) is 31.8. The standard InChI is InChI=1S/C72H64N8O8.Zn/c1-29-5-37-7-30(1)8-38(6-29)69(37)81-53-21-45-46(22-54(53)82-69)62-73-61(45)77-63-47-23-55-57(85-70(83-55)39-9-31-2-32(11-39)12-40(70)10-31)25-49(47)65(74-63)79-67-51-27-59-60(88-72(87-59)43-17-35-4-36(19-43)20-44(72)18-35)28-52(51)68(76-67)80-66-50-26-58-56(24-48(50)64(75-66)78-62)84-71(86-58)41-13-33-3-34(15-41)16-42(71)14-33;/h21-44H,1-20H2;/q-2;+2. The van der Waals surface area contributed by atoms with E-state index < -0.39 is 23.1 Å². The number of ether oxygens (including phenoxy) is 8. The van der Waals surface area contributed by atoms with Crippen molar-refractivity contribution in [3.8, 4) is 91.5 Å². The first-order valence-corrected chi connectivity index (χ1v) is 34.1. The molecule has 16 nitrogen and oxygen atoms in total. The smallest absolute Gasteiger partial charge is 0.448 e. The largest absolute Gasteiger partial charge is 2.00 e. The molecular weight excluding hydrogens is 1170 g/mol. The van der Waals surface area contributed by atoms with Crippen LogP contribution in [0.25, 0.3) is 89.7 Å². The van der Waals surface area contributed by atoms with Crippen LogP contribution in [0.4, 0.5) is 0 Å². The SMILES string of the molecule is [Zn+2].c1c2c(cc3c1-c1nc-3nc3[n-]c(nc4nc(nc5[n-]c(n1)c1cc6c(cc51)OC1(O6)C5CC6CC(C5)CC1C6)-c1cc5c(cc1-4)OC1(O5)C4CC5CC(C4)CC1C5)c1cc4c(cc31)OC1(O4)C3CC4CC(C3)CC1C4)OC1(O2)C2CC3CC(C2)CC1C3. The van der Waals surface area contributed by atoms with Crippen molar-refractivity contribution in [1.82, 2.24) is 39.9 Å². The molecule has 16 aliphatic carbocycles. The van der Waals surface area contributed by atoms with Crippen LogP contribution in [0.2, 0.25) is 0 Å². The van der Waals surface area contributed by atoms with Crippen LogP contribution in [0, 0.1) is 94.7 Å². The second-order valence-corrected chi connectivity index (χ2v) is 31.8. The molecule has 0 N–H and O–H groups in total. The molecule has 22 aliphatic rings. The van der Waals surface area contributed by atoms with Gasteiger partial charge < -0.3 is 67.8 Å². The summed E-state index contributed by atoms with van der Waals surface area (Å²) < 4.78 is 58.0. The van der Waals surface area contributed by atoms with E-state index in [1.807, 2.05) is 0 Å². The summed E-state index contributed by atoms with van der Waals surface area (Å²) in [5, 5.41) is 3.16. The molecule has 0 radical (unpaired) electrons. The maximum atomic E-state index is 7.25. The van der Waals surface area contributed by atoms with Gasteiger partial charge in [0, 0.05) is 92.2 Å². The Kier molecular flexibility index (Phi) is 8.78. The van der Waals surface area contributed by atoms with Gasteiger partial charge in [-0.25, -0.2) is 9.97 Å². The van der Waals surface area contributed by atoms with Crippen LogP contribution in [-0.4, -0.2) is 53.1 Å². The van der Waals surface area contributed by atoms with Gasteiger partial charge >= 0.3 is 19.5 Å². The molecule has 3 aromatic heterocycles. The first kappa shape index (κ1) is 49.0. The fraction of sp³-hybridized carbons (Fsp3) is 0.556. The number of rotatable bonds is 0. The fourth-order valence-electron chi connectivity index (χ4n) is 24.5. The zero-order valence-electron chi connectivity index (χ0n) is 49.5. The molecule has 442 valence electrons. The Hall–Kier alpha value is -6.74. The predicted octanol–water partition coefficient (Wildman–Crippen LogP) is 13.8. The predicted molar refractivity (Wildman–Crippen MR) is 318 cm³/mol. The summed E-state index contributed by atoms with van der Waals surface area (Å²) in [6.45, 7) is 0. The molecule has 16 fully saturated rings. The van der Waals surface area contributed by atoms with E-state index >= 15 is 0 Å². The molecule has 29 rings (SSSR count). The number of hydrogen-bond donors (Lipinski definition) is 0. The number of fused-ring (bicyclic) bond motifs is 24. The third-order valence-corrected chi connectivity index (χ3v) is 27.2. The third kappa shape index (κ3) is 6.10. The van der Waals surface area contributed by atoms with Gasteiger partial charge in [-0.05, 0) is 246 Å². The van der Waals surface area contributed by atoms with E-state index in [1.54, 1.807) is 0 Å². The number of benzene rings is 4. The Morgan fingerprint density at radius 3 is 0.618 bits per heavy atom. The van der Waals surface area contributed by atoms with E-state index in [0.29, 0.717) is 93.2 Å². The zero-order chi connectivity index (χ0) is 56.2. The average Bonchev–Trinajstić information content (AvgIpc) is 1.69. The molecule has 24 bridgehead atoms. The number of nitrogens with zero attached hydrogens (tertiary/aromatic N) is 8. The van der Waals surface area contributed by atoms with Crippen LogP contribution in [0.1, 0.15) is 128 Å². The summed E-state index contributed by atoms with van der Waals surface area (Å²) in [6, 6.07) is 16.8. The molecule has 0 atom stereocenters. The maximum absolute atomic E-state index is 7.25. The van der Waals surface area contributed by atoms with Crippen LogP contribution in [-0.2, 0) is 19.5 Å². The molecule has 7 aromatic rings. The minimum atomic E-state index is -0.676. The van der Waals surface area contributed by atoms with Gasteiger partial charge in [-0.2, -0.15) is 0 Å². The average molecular weight is 1230 g/mol. The van der Waals surface area contributed by atoms with Crippen molar-refractivity contribution in [3.63, 3.8) is 0 Å². The normalized spacial score (nSPS) is 41.2. The van der Waals surface area contributed by atoms with Gasteiger partial charge in [-0.1, -0.05) is 0 Å². The molecule has 0 unspecified atom stereocenters. The second kappa shape index (κ2) is 15.9. The number of aromatic nitrogens is 8. The van der Waals surface area contributed by atoms with Crippen LogP contribution in [0.3, 0.4) is 0 Å². The molecule has 6 aliphatic heterocycles. The third-order valence-electron chi connectivity index (χ3n) is 27.2. The first-order chi connectivity index (χ1) is 43.1. The van der Waals surface area contributed by atoms with Gasteiger partial charge in [0.1, 0.15) is 0 Å². The quantitative estimate of drug-likeness (QED) is 0.131. The Labute approximate surface area is 524 Å². The van der Waals surface area contributed by atoms with E-state index in [9.17, 15) is 0 Å². The van der Waals surface area contributed by atoms with Crippen molar-refractivity contribution in [3.05, 3.63) is 48.5 Å². The van der Waals surface area contributed by atoms with E-state index in [2.05, 4.69) is 48.5 Å². The first-order valence-electron chi connectivity index (χ1n) is 34.1. The van der Waals surface area contributed by atoms with E-state index in [0.717, 1.165) is 240 Å². The molecule has 4 spiro atoms. The van der Waals surface area contributed by atoms with Crippen molar-refractivity contribution >= 4 is 44.1 Å². The van der Waals surface area contributed by atoms with Crippen molar-refractivity contribution in [2.75, 3.05) is 0 Å². The number of hydrogen-bond acceptors (Lipinski definition) is 14. The van der Waals surface area contributed by atoms with Crippen molar-refractivity contribution in [2.24, 2.45) is 94.7 Å². The monoisotopic (exact) mass is 1230 g/mol. The van der Waals surface area contributed by atoms with Gasteiger partial charge in [0.25, 0.3) is 23.1 Å². The summed E-state index contributed by atoms with van der Waals surface area (Å²) in [4.78, 5) is 43.9. The van der Waals surface area contributed by atoms with Gasteiger partial charge in [-0.15, -0.1) is 0 Å². The van der Waals surface area contributed by atoms with Gasteiger partial charge in [-0.3, -0.25) is 0 Å².